The van der Waals surface area contributed by atoms with Crippen molar-refractivity contribution in [1.82, 2.24) is 4.90 Å². The van der Waals surface area contributed by atoms with Crippen molar-refractivity contribution < 1.29 is 24.5 Å². The number of allylic oxidation sites excluding steroid dienone is 2. The molecule has 0 aliphatic carbocycles. The molecule has 0 bridgehead atoms. The fourth-order valence-corrected chi connectivity index (χ4v) is 6.24. The number of unbranched alkanes of at least 4 members (excludes halogenated alkanes) is 18. The summed E-state index contributed by atoms with van der Waals surface area (Å²) in [6.07, 6.45) is 40.5. The second-order valence-corrected chi connectivity index (χ2v) is 14.8. The SMILES string of the molecule is CCCCCCC(O)CC=CCCCCCCCCC(CCCCCCCCC=CCC(O)CCCCCC)OC(=O)OCCCN(C)C. The van der Waals surface area contributed by atoms with Crippen molar-refractivity contribution in [3.05, 3.63) is 24.3 Å². The summed E-state index contributed by atoms with van der Waals surface area (Å²) >= 11 is 0. The number of rotatable bonds is 37. The van der Waals surface area contributed by atoms with Crippen LogP contribution in [0.1, 0.15) is 200 Å². The van der Waals surface area contributed by atoms with Crippen LogP contribution in [0.3, 0.4) is 0 Å². The molecule has 49 heavy (non-hydrogen) atoms. The Morgan fingerprint density at radius 1 is 0.551 bits per heavy atom. The van der Waals surface area contributed by atoms with E-state index in [-0.39, 0.29) is 18.3 Å². The van der Waals surface area contributed by atoms with Crippen LogP contribution < -0.4 is 0 Å². The first-order valence-electron chi connectivity index (χ1n) is 21.0. The third-order valence-electron chi connectivity index (χ3n) is 9.46. The van der Waals surface area contributed by atoms with Gasteiger partial charge in [0.05, 0.1) is 18.8 Å². The Kier molecular flexibility index (Phi) is 36.8. The van der Waals surface area contributed by atoms with Gasteiger partial charge in [0.1, 0.15) is 6.10 Å². The predicted octanol–water partition coefficient (Wildman–Crippen LogP) is 12.3. The van der Waals surface area contributed by atoms with Gasteiger partial charge in [0.25, 0.3) is 0 Å². The molecule has 0 aromatic carbocycles. The largest absolute Gasteiger partial charge is 0.508 e. The van der Waals surface area contributed by atoms with Crippen LogP contribution >= 0.6 is 0 Å². The fourth-order valence-electron chi connectivity index (χ4n) is 6.24. The average molecular weight is 694 g/mol. The quantitative estimate of drug-likeness (QED) is 0.0383. The molecular weight excluding hydrogens is 610 g/mol. The van der Waals surface area contributed by atoms with Gasteiger partial charge in [-0.2, -0.15) is 0 Å². The maximum absolute atomic E-state index is 12.4. The smallest absolute Gasteiger partial charge is 0.434 e. The first-order chi connectivity index (χ1) is 23.9. The molecule has 0 heterocycles. The summed E-state index contributed by atoms with van der Waals surface area (Å²) in [6.45, 7) is 5.75. The van der Waals surface area contributed by atoms with Gasteiger partial charge in [0.2, 0.25) is 0 Å². The van der Waals surface area contributed by atoms with Gasteiger partial charge >= 0.3 is 6.16 Å². The van der Waals surface area contributed by atoms with Crippen LogP contribution in [-0.2, 0) is 9.47 Å². The zero-order valence-electron chi connectivity index (χ0n) is 33.0. The van der Waals surface area contributed by atoms with E-state index in [0.29, 0.717) is 6.61 Å². The minimum atomic E-state index is -0.502. The Labute approximate surface area is 304 Å². The molecule has 0 fully saturated rings. The summed E-state index contributed by atoms with van der Waals surface area (Å²) in [5.41, 5.74) is 0. The van der Waals surface area contributed by atoms with E-state index in [4.69, 9.17) is 9.47 Å². The van der Waals surface area contributed by atoms with Gasteiger partial charge in [-0.15, -0.1) is 0 Å². The number of ether oxygens (including phenoxy) is 2. The van der Waals surface area contributed by atoms with Gasteiger partial charge in [-0.1, -0.05) is 141 Å². The lowest BCUT2D eigenvalue weighted by Crippen LogP contribution is -2.21. The number of nitrogens with zero attached hydrogens (tertiary/aromatic N) is 1. The number of hydrogen-bond donors (Lipinski definition) is 2. The van der Waals surface area contributed by atoms with E-state index in [2.05, 4.69) is 43.1 Å². The van der Waals surface area contributed by atoms with Crippen molar-refractivity contribution in [2.75, 3.05) is 27.2 Å². The van der Waals surface area contributed by atoms with Gasteiger partial charge in [-0.3, -0.25) is 0 Å². The van der Waals surface area contributed by atoms with Gasteiger partial charge < -0.3 is 24.6 Å². The Morgan fingerprint density at radius 2 is 0.959 bits per heavy atom. The number of hydrogen-bond acceptors (Lipinski definition) is 6. The van der Waals surface area contributed by atoms with Crippen molar-refractivity contribution >= 4 is 6.16 Å². The maximum atomic E-state index is 12.4. The highest BCUT2D eigenvalue weighted by Crippen LogP contribution is 2.18. The molecule has 0 rings (SSSR count). The van der Waals surface area contributed by atoms with E-state index >= 15 is 0 Å². The Balaban J connectivity index is 4.10. The predicted molar refractivity (Wildman–Crippen MR) is 210 cm³/mol. The monoisotopic (exact) mass is 694 g/mol. The zero-order chi connectivity index (χ0) is 36.0. The van der Waals surface area contributed by atoms with Crippen molar-refractivity contribution in [1.29, 1.82) is 0 Å². The summed E-state index contributed by atoms with van der Waals surface area (Å²) in [7, 11) is 4.05. The average Bonchev–Trinajstić information content (AvgIpc) is 3.08. The van der Waals surface area contributed by atoms with Crippen LogP contribution in [0.4, 0.5) is 4.79 Å². The number of carbonyl (C=O) groups excluding carboxylic acids is 1. The van der Waals surface area contributed by atoms with Gasteiger partial charge in [0.15, 0.2) is 0 Å². The molecule has 0 amide bonds. The lowest BCUT2D eigenvalue weighted by Gasteiger charge is -2.18. The summed E-state index contributed by atoms with van der Waals surface area (Å²) in [5.74, 6) is 0. The molecule has 0 aromatic heterocycles. The van der Waals surface area contributed by atoms with E-state index in [1.54, 1.807) is 0 Å². The van der Waals surface area contributed by atoms with Crippen LogP contribution in [0, 0.1) is 0 Å². The molecule has 0 radical (unpaired) electrons. The van der Waals surface area contributed by atoms with E-state index in [1.165, 1.54) is 103 Å². The molecule has 2 N–H and O–H groups in total. The van der Waals surface area contributed by atoms with Crippen molar-refractivity contribution in [3.8, 4) is 0 Å². The lowest BCUT2D eigenvalue weighted by atomic mass is 10.0. The molecule has 2 unspecified atom stereocenters. The number of aliphatic hydroxyl groups is 2. The second kappa shape index (κ2) is 37.9. The van der Waals surface area contributed by atoms with E-state index < -0.39 is 6.16 Å². The Morgan fingerprint density at radius 3 is 1.41 bits per heavy atom. The Bertz CT molecular complexity index is 694. The highest BCUT2D eigenvalue weighted by atomic mass is 16.7. The van der Waals surface area contributed by atoms with Crippen molar-refractivity contribution in [2.45, 2.75) is 218 Å². The van der Waals surface area contributed by atoms with E-state index in [9.17, 15) is 15.0 Å². The number of carbonyl (C=O) groups is 1. The summed E-state index contributed by atoms with van der Waals surface area (Å²) in [4.78, 5) is 14.5. The molecule has 6 nitrogen and oxygen atoms in total. The summed E-state index contributed by atoms with van der Waals surface area (Å²) in [6, 6.07) is 0. The van der Waals surface area contributed by atoms with Gasteiger partial charge in [-0.25, -0.2) is 4.79 Å². The Hall–Kier alpha value is -1.37. The topological polar surface area (TPSA) is 79.2 Å². The molecule has 2 atom stereocenters. The number of aliphatic hydroxyl groups excluding tert-OH is 2. The van der Waals surface area contributed by atoms with Crippen LogP contribution in [0.2, 0.25) is 0 Å². The molecule has 0 spiro atoms. The fraction of sp³-hybridized carbons (Fsp3) is 0.884. The molecule has 6 heteroatoms. The van der Waals surface area contributed by atoms with Gasteiger partial charge in [0, 0.05) is 6.54 Å². The summed E-state index contributed by atoms with van der Waals surface area (Å²) < 4.78 is 11.2. The third-order valence-corrected chi connectivity index (χ3v) is 9.46. The molecule has 0 aliphatic rings. The minimum absolute atomic E-state index is 0.0411. The van der Waals surface area contributed by atoms with Crippen molar-refractivity contribution in [3.63, 3.8) is 0 Å². The zero-order valence-corrected chi connectivity index (χ0v) is 33.0. The van der Waals surface area contributed by atoms with Gasteiger partial charge in [-0.05, 0) is 97.6 Å². The molecule has 290 valence electrons. The maximum Gasteiger partial charge on any atom is 0.508 e. The third kappa shape index (κ3) is 37.7. The second-order valence-electron chi connectivity index (χ2n) is 14.8. The van der Waals surface area contributed by atoms with Crippen LogP contribution in [0.25, 0.3) is 0 Å². The summed E-state index contributed by atoms with van der Waals surface area (Å²) in [5, 5.41) is 20.2. The molecule has 0 saturated heterocycles. The first-order valence-corrected chi connectivity index (χ1v) is 21.0. The van der Waals surface area contributed by atoms with Crippen molar-refractivity contribution in [2.24, 2.45) is 0 Å². The lowest BCUT2D eigenvalue weighted by molar-refractivity contribution is 0.0150. The van der Waals surface area contributed by atoms with Crippen LogP contribution in [0.15, 0.2) is 24.3 Å². The van der Waals surface area contributed by atoms with E-state index in [1.807, 2.05) is 14.1 Å². The highest BCUT2D eigenvalue weighted by molar-refractivity contribution is 5.60. The normalized spacial score (nSPS) is 13.9. The standard InChI is InChI=1S/C43H83NO5/c1-5-7-9-25-32-40(45)34-27-21-17-13-11-15-19-23-29-36-42(49-43(47)48-39-31-38-44(3)4)37-30-24-20-16-12-14-18-22-28-35-41(46)33-26-10-8-6-2/h21-22,27-28,40-42,45-46H,5-20,23-26,29-39H2,1-4H3. The minimum Gasteiger partial charge on any atom is -0.434 e. The van der Waals surface area contributed by atoms with E-state index in [0.717, 1.165) is 90.0 Å². The first kappa shape index (κ1) is 47.6. The molecular formula is C43H83NO5. The highest BCUT2D eigenvalue weighted by Gasteiger charge is 2.15. The van der Waals surface area contributed by atoms with Crippen LogP contribution in [0.5, 0.6) is 0 Å². The molecule has 0 aliphatic heterocycles. The molecule has 0 saturated carbocycles. The molecule has 0 aromatic rings. The van der Waals surface area contributed by atoms with Crippen LogP contribution in [-0.4, -0.2) is 66.8 Å².